The highest BCUT2D eigenvalue weighted by molar-refractivity contribution is 7.89. The first-order valence-electron chi connectivity index (χ1n) is 5.50. The molecule has 0 atom stereocenters. The number of hydrogen-bond acceptors (Lipinski definition) is 4. The van der Waals surface area contributed by atoms with Crippen LogP contribution < -0.4 is 10.0 Å². The molecule has 0 aliphatic rings. The molecule has 0 bridgehead atoms. The molecule has 8 heteroatoms. The Kier molecular flexibility index (Phi) is 5.64. The Bertz CT molecular complexity index is 662. The molecule has 0 radical (unpaired) electrons. The third kappa shape index (κ3) is 4.31. The van der Waals surface area contributed by atoms with Gasteiger partial charge in [0.05, 0.1) is 11.4 Å². The van der Waals surface area contributed by atoms with Crippen molar-refractivity contribution in [2.24, 2.45) is 0 Å². The van der Waals surface area contributed by atoms with Gasteiger partial charge in [-0.05, 0) is 18.2 Å². The lowest BCUT2D eigenvalue weighted by molar-refractivity contribution is -0.119. The van der Waals surface area contributed by atoms with E-state index >= 15 is 0 Å². The minimum Gasteiger partial charge on any atom is -0.384 e. The van der Waals surface area contributed by atoms with Crippen LogP contribution in [0.15, 0.2) is 23.1 Å². The highest BCUT2D eigenvalue weighted by Gasteiger charge is 2.19. The lowest BCUT2D eigenvalue weighted by Crippen LogP contribution is -2.35. The number of aliphatic hydroxyl groups is 1. The summed E-state index contributed by atoms with van der Waals surface area (Å²) in [5.74, 6) is 3.43. The number of hydrogen-bond donors (Lipinski definition) is 3. The standard InChI is InChI=1S/C12H13FN2O4S/c1-14-12(17)8-15-20(18,19)11-5-4-10(13)7-9(11)3-2-6-16/h4-5,7,15-16H,6,8H2,1H3,(H,14,17). The zero-order valence-electron chi connectivity index (χ0n) is 10.6. The molecule has 108 valence electrons. The third-order valence-electron chi connectivity index (χ3n) is 2.23. The van der Waals surface area contributed by atoms with Crippen LogP contribution in [0.2, 0.25) is 0 Å². The molecule has 0 aromatic heterocycles. The van der Waals surface area contributed by atoms with Crippen molar-refractivity contribution < 1.29 is 22.7 Å². The van der Waals surface area contributed by atoms with Gasteiger partial charge >= 0.3 is 0 Å². The van der Waals surface area contributed by atoms with Crippen LogP contribution in [0.25, 0.3) is 0 Å². The van der Waals surface area contributed by atoms with Crippen LogP contribution in [-0.2, 0) is 14.8 Å². The highest BCUT2D eigenvalue weighted by Crippen LogP contribution is 2.16. The summed E-state index contributed by atoms with van der Waals surface area (Å²) in [6.45, 7) is -0.926. The maximum atomic E-state index is 13.1. The second-order valence-electron chi connectivity index (χ2n) is 3.60. The summed E-state index contributed by atoms with van der Waals surface area (Å²) in [6, 6.07) is 2.96. The molecular weight excluding hydrogens is 287 g/mol. The highest BCUT2D eigenvalue weighted by atomic mass is 32.2. The Morgan fingerprint density at radius 1 is 1.45 bits per heavy atom. The van der Waals surface area contributed by atoms with Gasteiger partial charge in [-0.3, -0.25) is 4.79 Å². The van der Waals surface area contributed by atoms with E-state index in [1.54, 1.807) is 0 Å². The molecule has 0 aliphatic carbocycles. The summed E-state index contributed by atoms with van der Waals surface area (Å²) in [7, 11) is -2.64. The monoisotopic (exact) mass is 300 g/mol. The predicted octanol–water partition coefficient (Wildman–Crippen LogP) is -0.806. The van der Waals surface area contributed by atoms with Gasteiger partial charge in [0.15, 0.2) is 0 Å². The van der Waals surface area contributed by atoms with E-state index < -0.39 is 34.9 Å². The number of halogens is 1. The lowest BCUT2D eigenvalue weighted by Gasteiger charge is -2.08. The second-order valence-corrected chi connectivity index (χ2v) is 5.33. The van der Waals surface area contributed by atoms with E-state index in [0.29, 0.717) is 0 Å². The SMILES string of the molecule is CNC(=O)CNS(=O)(=O)c1ccc(F)cc1C#CCO. The number of sulfonamides is 1. The molecule has 1 aromatic carbocycles. The largest absolute Gasteiger partial charge is 0.384 e. The number of benzene rings is 1. The maximum Gasteiger partial charge on any atom is 0.242 e. The zero-order valence-corrected chi connectivity index (χ0v) is 11.4. The second kappa shape index (κ2) is 7.00. The Morgan fingerprint density at radius 3 is 2.75 bits per heavy atom. The van der Waals surface area contributed by atoms with Crippen LogP contribution in [0, 0.1) is 17.7 Å². The zero-order chi connectivity index (χ0) is 15.2. The van der Waals surface area contributed by atoms with Gasteiger partial charge in [0.25, 0.3) is 0 Å². The molecule has 1 aromatic rings. The van der Waals surface area contributed by atoms with Gasteiger partial charge in [-0.25, -0.2) is 17.5 Å². The number of amides is 1. The van der Waals surface area contributed by atoms with E-state index in [2.05, 4.69) is 21.9 Å². The Hall–Kier alpha value is -1.95. The van der Waals surface area contributed by atoms with E-state index in [0.717, 1.165) is 18.2 Å². The van der Waals surface area contributed by atoms with Crippen LogP contribution in [0.3, 0.4) is 0 Å². The smallest absolute Gasteiger partial charge is 0.242 e. The van der Waals surface area contributed by atoms with Crippen LogP contribution in [0.1, 0.15) is 5.56 Å². The summed E-state index contributed by atoms with van der Waals surface area (Å²) < 4.78 is 39.2. The number of rotatable bonds is 4. The Balaban J connectivity index is 3.14. The molecule has 0 fully saturated rings. The molecular formula is C12H13FN2O4S. The van der Waals surface area contributed by atoms with Crippen molar-refractivity contribution in [1.82, 2.24) is 10.0 Å². The molecule has 1 rings (SSSR count). The van der Waals surface area contributed by atoms with Gasteiger partial charge < -0.3 is 10.4 Å². The van der Waals surface area contributed by atoms with E-state index in [-0.39, 0.29) is 10.5 Å². The van der Waals surface area contributed by atoms with Gasteiger partial charge in [-0.15, -0.1) is 0 Å². The van der Waals surface area contributed by atoms with Gasteiger partial charge in [0.1, 0.15) is 12.4 Å². The van der Waals surface area contributed by atoms with E-state index in [1.165, 1.54) is 7.05 Å². The molecule has 0 unspecified atom stereocenters. The minimum atomic E-state index is -4.00. The molecule has 0 saturated heterocycles. The van der Waals surface area contributed by atoms with Crippen LogP contribution >= 0.6 is 0 Å². The normalized spacial score (nSPS) is 10.6. The third-order valence-corrected chi connectivity index (χ3v) is 3.69. The summed E-state index contributed by atoms with van der Waals surface area (Å²) in [5.41, 5.74) is -0.0940. The molecule has 3 N–H and O–H groups in total. The topological polar surface area (TPSA) is 95.5 Å². The van der Waals surface area contributed by atoms with Crippen LogP contribution in [-0.4, -0.2) is 39.6 Å². The van der Waals surface area contributed by atoms with Crippen molar-refractivity contribution in [3.8, 4) is 11.8 Å². The molecule has 0 aliphatic heterocycles. The average molecular weight is 300 g/mol. The fourth-order valence-corrected chi connectivity index (χ4v) is 2.42. The number of carbonyl (C=O) groups is 1. The predicted molar refractivity (Wildman–Crippen MR) is 69.6 cm³/mol. The van der Waals surface area contributed by atoms with Crippen LogP contribution in [0.4, 0.5) is 4.39 Å². The fraction of sp³-hybridized carbons (Fsp3) is 0.250. The van der Waals surface area contributed by atoms with Crippen LogP contribution in [0.5, 0.6) is 0 Å². The quantitative estimate of drug-likeness (QED) is 0.634. The molecule has 6 nitrogen and oxygen atoms in total. The first kappa shape index (κ1) is 16.1. The first-order valence-corrected chi connectivity index (χ1v) is 6.98. The summed E-state index contributed by atoms with van der Waals surface area (Å²) >= 11 is 0. The number of likely N-dealkylation sites (N-methyl/N-ethyl adjacent to an activating group) is 1. The van der Waals surface area contributed by atoms with Crippen molar-refractivity contribution in [3.63, 3.8) is 0 Å². The van der Waals surface area contributed by atoms with Gasteiger partial charge in [-0.2, -0.15) is 0 Å². The first-order chi connectivity index (χ1) is 9.40. The number of aliphatic hydroxyl groups excluding tert-OH is 1. The van der Waals surface area contributed by atoms with E-state index in [4.69, 9.17) is 5.11 Å². The molecule has 20 heavy (non-hydrogen) atoms. The van der Waals surface area contributed by atoms with Crippen molar-refractivity contribution in [3.05, 3.63) is 29.6 Å². The van der Waals surface area contributed by atoms with Gasteiger partial charge in [0.2, 0.25) is 15.9 Å². The number of nitrogens with one attached hydrogen (secondary N) is 2. The van der Waals surface area contributed by atoms with E-state index in [9.17, 15) is 17.6 Å². The summed E-state index contributed by atoms with van der Waals surface area (Å²) in [4.78, 5) is 10.8. The van der Waals surface area contributed by atoms with Gasteiger partial charge in [-0.1, -0.05) is 11.8 Å². The molecule has 0 heterocycles. The lowest BCUT2D eigenvalue weighted by atomic mass is 10.2. The molecule has 0 saturated carbocycles. The Morgan fingerprint density at radius 2 is 2.15 bits per heavy atom. The van der Waals surface area contributed by atoms with E-state index in [1.807, 2.05) is 0 Å². The van der Waals surface area contributed by atoms with Crippen molar-refractivity contribution in [2.75, 3.05) is 20.2 Å². The summed E-state index contributed by atoms with van der Waals surface area (Å²) in [6.07, 6.45) is 0. The maximum absolute atomic E-state index is 13.1. The summed E-state index contributed by atoms with van der Waals surface area (Å²) in [5, 5.41) is 10.9. The van der Waals surface area contributed by atoms with Crippen molar-refractivity contribution in [1.29, 1.82) is 0 Å². The van der Waals surface area contributed by atoms with Crippen molar-refractivity contribution >= 4 is 15.9 Å². The molecule has 0 spiro atoms. The molecule has 1 amide bonds. The minimum absolute atomic E-state index is 0.0940. The van der Waals surface area contributed by atoms with Gasteiger partial charge in [0, 0.05) is 12.6 Å². The van der Waals surface area contributed by atoms with Crippen molar-refractivity contribution in [2.45, 2.75) is 4.90 Å². The number of carbonyl (C=O) groups excluding carboxylic acids is 1. The average Bonchev–Trinajstić information content (AvgIpc) is 2.42. The Labute approximate surface area is 116 Å². The fourth-order valence-electron chi connectivity index (χ4n) is 1.30.